The molecule has 0 saturated heterocycles. The number of aliphatic hydroxyl groups is 1. The number of nitrogens with zero attached hydrogens (tertiary/aromatic N) is 3. The van der Waals surface area contributed by atoms with Gasteiger partial charge in [-0.1, -0.05) is 11.6 Å². The standard InChI is InChI=1S/C23H27ClFN7OS/c1-14(26)20-21(27)29-22(30-23(20)28-9-10-32(2)11-12-33)15-3-6-17(7-4-15)31-34-19-13-16(24)5-8-18(19)25/h3-8,13,26,31,33H,9-12H2,1-2H3,(H3,27,28,29,30). The second-order valence-corrected chi connectivity index (χ2v) is 8.88. The first kappa shape index (κ1) is 25.7. The summed E-state index contributed by atoms with van der Waals surface area (Å²) < 4.78 is 17.0. The normalized spacial score (nSPS) is 11.0. The molecule has 0 fully saturated rings. The van der Waals surface area contributed by atoms with Gasteiger partial charge in [0.15, 0.2) is 5.82 Å². The van der Waals surface area contributed by atoms with Gasteiger partial charge in [-0.25, -0.2) is 14.4 Å². The van der Waals surface area contributed by atoms with Crippen molar-refractivity contribution in [3.05, 3.63) is 58.9 Å². The summed E-state index contributed by atoms with van der Waals surface area (Å²) in [5, 5.41) is 20.8. The van der Waals surface area contributed by atoms with Crippen LogP contribution in [-0.4, -0.2) is 59.0 Å². The summed E-state index contributed by atoms with van der Waals surface area (Å²) in [5.41, 5.74) is 8.40. The number of aromatic nitrogens is 2. The van der Waals surface area contributed by atoms with Crippen molar-refractivity contribution in [2.24, 2.45) is 0 Å². The average Bonchev–Trinajstić information content (AvgIpc) is 2.79. The van der Waals surface area contributed by atoms with E-state index in [1.165, 1.54) is 12.1 Å². The topological polar surface area (TPSA) is 123 Å². The van der Waals surface area contributed by atoms with Crippen LogP contribution in [0.1, 0.15) is 12.5 Å². The summed E-state index contributed by atoms with van der Waals surface area (Å²) in [6.45, 7) is 3.54. The third-order valence-corrected chi connectivity index (χ3v) is 6.00. The van der Waals surface area contributed by atoms with Crippen LogP contribution in [0, 0.1) is 11.2 Å². The first-order valence-corrected chi connectivity index (χ1v) is 11.7. The smallest absolute Gasteiger partial charge is 0.163 e. The molecule has 3 aromatic rings. The van der Waals surface area contributed by atoms with Crippen LogP contribution in [0.2, 0.25) is 5.02 Å². The highest BCUT2D eigenvalue weighted by Crippen LogP contribution is 2.29. The lowest BCUT2D eigenvalue weighted by molar-refractivity contribution is 0.225. The Hall–Kier alpha value is -2.92. The van der Waals surface area contributed by atoms with Gasteiger partial charge in [-0.05, 0) is 68.4 Å². The molecule has 2 aromatic carbocycles. The predicted molar refractivity (Wildman–Crippen MR) is 138 cm³/mol. The third-order valence-electron chi connectivity index (χ3n) is 4.89. The minimum absolute atomic E-state index is 0.0867. The number of likely N-dealkylation sites (N-methyl/N-ethyl adjacent to an activating group) is 1. The molecule has 0 radical (unpaired) electrons. The molecule has 0 spiro atoms. The number of aliphatic hydroxyl groups excluding tert-OH is 1. The first-order chi connectivity index (χ1) is 16.3. The second kappa shape index (κ2) is 12.0. The van der Waals surface area contributed by atoms with Crippen molar-refractivity contribution in [1.82, 2.24) is 14.9 Å². The van der Waals surface area contributed by atoms with Gasteiger partial charge >= 0.3 is 0 Å². The van der Waals surface area contributed by atoms with Crippen LogP contribution in [0.4, 0.5) is 21.7 Å². The Morgan fingerprint density at radius 3 is 2.62 bits per heavy atom. The van der Waals surface area contributed by atoms with Crippen LogP contribution in [-0.2, 0) is 0 Å². The van der Waals surface area contributed by atoms with Gasteiger partial charge in [0.05, 0.1) is 17.1 Å². The van der Waals surface area contributed by atoms with E-state index in [0.717, 1.165) is 23.2 Å². The number of benzene rings is 2. The molecule has 3 rings (SSSR count). The fourth-order valence-electron chi connectivity index (χ4n) is 3.11. The highest BCUT2D eigenvalue weighted by molar-refractivity contribution is 8.00. The zero-order chi connectivity index (χ0) is 24.7. The molecule has 34 heavy (non-hydrogen) atoms. The van der Waals surface area contributed by atoms with Gasteiger partial charge in [-0.15, -0.1) is 0 Å². The zero-order valence-electron chi connectivity index (χ0n) is 18.9. The summed E-state index contributed by atoms with van der Waals surface area (Å²) in [5.74, 6) is 0.778. The highest BCUT2D eigenvalue weighted by Gasteiger charge is 2.15. The number of nitrogens with one attached hydrogen (secondary N) is 3. The molecule has 180 valence electrons. The molecule has 0 amide bonds. The minimum atomic E-state index is -0.355. The molecule has 0 bridgehead atoms. The van der Waals surface area contributed by atoms with E-state index in [-0.39, 0.29) is 24.0 Å². The van der Waals surface area contributed by atoms with Crippen molar-refractivity contribution in [3.63, 3.8) is 0 Å². The Morgan fingerprint density at radius 1 is 1.21 bits per heavy atom. The number of hydrogen-bond acceptors (Lipinski definition) is 9. The van der Waals surface area contributed by atoms with Crippen LogP contribution >= 0.6 is 23.5 Å². The summed E-state index contributed by atoms with van der Waals surface area (Å²) in [7, 11) is 1.91. The lowest BCUT2D eigenvalue weighted by atomic mass is 10.1. The first-order valence-electron chi connectivity index (χ1n) is 10.5. The molecule has 1 aromatic heterocycles. The Kier molecular flexibility index (Phi) is 9.05. The van der Waals surface area contributed by atoms with Gasteiger partial charge in [0.1, 0.15) is 17.5 Å². The predicted octanol–water partition coefficient (Wildman–Crippen LogP) is 4.36. The van der Waals surface area contributed by atoms with Gasteiger partial charge in [0.2, 0.25) is 0 Å². The van der Waals surface area contributed by atoms with Crippen molar-refractivity contribution in [2.75, 3.05) is 49.1 Å². The van der Waals surface area contributed by atoms with Crippen LogP contribution in [0.5, 0.6) is 0 Å². The highest BCUT2D eigenvalue weighted by atomic mass is 35.5. The Balaban J connectivity index is 1.75. The van der Waals surface area contributed by atoms with E-state index >= 15 is 0 Å². The number of rotatable bonds is 11. The fourth-order valence-corrected chi connectivity index (χ4v) is 4.06. The third kappa shape index (κ3) is 6.80. The van der Waals surface area contributed by atoms with Gasteiger partial charge in [-0.2, -0.15) is 0 Å². The lowest BCUT2D eigenvalue weighted by Crippen LogP contribution is -2.28. The summed E-state index contributed by atoms with van der Waals surface area (Å²) >= 11 is 7.07. The molecule has 0 saturated carbocycles. The number of hydrogen-bond donors (Lipinski definition) is 5. The van der Waals surface area contributed by atoms with Gasteiger partial charge in [0, 0.05) is 41.6 Å². The Bertz CT molecular complexity index is 1150. The van der Waals surface area contributed by atoms with Crippen molar-refractivity contribution < 1.29 is 9.50 Å². The molecular formula is C23H27ClFN7OS. The molecule has 6 N–H and O–H groups in total. The minimum Gasteiger partial charge on any atom is -0.395 e. The zero-order valence-corrected chi connectivity index (χ0v) is 20.5. The molecule has 8 nitrogen and oxygen atoms in total. The number of halogens is 2. The Morgan fingerprint density at radius 2 is 1.94 bits per heavy atom. The summed E-state index contributed by atoms with van der Waals surface area (Å²) in [6.07, 6.45) is 0. The number of nitrogens with two attached hydrogens (primary N) is 1. The van der Waals surface area contributed by atoms with E-state index in [1.807, 2.05) is 36.2 Å². The maximum absolute atomic E-state index is 13.9. The SMILES string of the molecule is CC(=N)c1c(N)nc(-c2ccc(NSc3cc(Cl)ccc3F)cc2)nc1NCCN(C)CCO. The fraction of sp³-hybridized carbons (Fsp3) is 0.261. The molecule has 0 aliphatic carbocycles. The molecule has 0 atom stereocenters. The maximum Gasteiger partial charge on any atom is 0.163 e. The lowest BCUT2D eigenvalue weighted by Gasteiger charge is -2.18. The van der Waals surface area contributed by atoms with E-state index in [1.54, 1.807) is 13.0 Å². The summed E-state index contributed by atoms with van der Waals surface area (Å²) in [6, 6.07) is 11.7. The van der Waals surface area contributed by atoms with Crippen molar-refractivity contribution >= 4 is 46.6 Å². The van der Waals surface area contributed by atoms with Gasteiger partial charge < -0.3 is 31.2 Å². The van der Waals surface area contributed by atoms with Crippen molar-refractivity contribution in [2.45, 2.75) is 11.8 Å². The molecule has 0 unspecified atom stereocenters. The van der Waals surface area contributed by atoms with Crippen LogP contribution < -0.4 is 15.8 Å². The molecule has 0 aliphatic heterocycles. The quantitative estimate of drug-likeness (QED) is 0.193. The largest absolute Gasteiger partial charge is 0.395 e. The molecule has 11 heteroatoms. The monoisotopic (exact) mass is 503 g/mol. The van der Waals surface area contributed by atoms with E-state index in [0.29, 0.717) is 46.8 Å². The van der Waals surface area contributed by atoms with E-state index in [2.05, 4.69) is 20.0 Å². The van der Waals surface area contributed by atoms with Crippen LogP contribution in [0.25, 0.3) is 11.4 Å². The van der Waals surface area contributed by atoms with Crippen LogP contribution in [0.3, 0.4) is 0 Å². The maximum atomic E-state index is 13.9. The summed E-state index contributed by atoms with van der Waals surface area (Å²) in [4.78, 5) is 11.4. The second-order valence-electron chi connectivity index (χ2n) is 7.59. The molecular weight excluding hydrogens is 477 g/mol. The van der Waals surface area contributed by atoms with E-state index < -0.39 is 0 Å². The van der Waals surface area contributed by atoms with Crippen molar-refractivity contribution in [1.29, 1.82) is 5.41 Å². The van der Waals surface area contributed by atoms with Gasteiger partial charge in [0.25, 0.3) is 0 Å². The number of nitrogen functional groups attached to an aromatic ring is 1. The van der Waals surface area contributed by atoms with Crippen LogP contribution in [0.15, 0.2) is 47.4 Å². The number of anilines is 3. The van der Waals surface area contributed by atoms with Gasteiger partial charge in [-0.3, -0.25) is 0 Å². The van der Waals surface area contributed by atoms with E-state index in [9.17, 15) is 4.39 Å². The molecule has 1 heterocycles. The molecule has 0 aliphatic rings. The van der Waals surface area contributed by atoms with Crippen molar-refractivity contribution in [3.8, 4) is 11.4 Å². The van der Waals surface area contributed by atoms with E-state index in [4.69, 9.17) is 27.9 Å². The average molecular weight is 504 g/mol. The Labute approximate surface area is 207 Å².